The minimum Gasteiger partial charge on any atom is -0.368 e. The van der Waals surface area contributed by atoms with E-state index in [1.807, 2.05) is 6.08 Å². The van der Waals surface area contributed by atoms with Crippen molar-refractivity contribution in [2.24, 2.45) is 5.73 Å². The number of rotatable bonds is 1. The van der Waals surface area contributed by atoms with Gasteiger partial charge in [-0.15, -0.1) is 0 Å². The first-order chi connectivity index (χ1) is 3.80. The fraction of sp³-hybridized carbons (Fsp3) is 0.400. The normalized spacial score (nSPS) is 26.2. The summed E-state index contributed by atoms with van der Waals surface area (Å²) in [6.45, 7) is 0.758. The standard InChI is InChI=1S/C5H8N2O/c6-5(8)4-2-1-3-7-4/h1-2,4,7H,3H2,(H2,6,8). The van der Waals surface area contributed by atoms with Crippen LogP contribution in [0.1, 0.15) is 0 Å². The van der Waals surface area contributed by atoms with Crippen LogP contribution in [0.5, 0.6) is 0 Å². The van der Waals surface area contributed by atoms with Crippen LogP contribution < -0.4 is 11.1 Å². The Morgan fingerprint density at radius 1 is 1.88 bits per heavy atom. The van der Waals surface area contributed by atoms with Gasteiger partial charge < -0.3 is 5.73 Å². The fourth-order valence-electron chi connectivity index (χ4n) is 0.663. The van der Waals surface area contributed by atoms with E-state index in [1.165, 1.54) is 0 Å². The molecule has 3 N–H and O–H groups in total. The van der Waals surface area contributed by atoms with E-state index in [4.69, 9.17) is 5.73 Å². The second-order valence-electron chi connectivity index (χ2n) is 1.72. The molecular weight excluding hydrogens is 104 g/mol. The molecule has 0 saturated heterocycles. The molecular formula is C5H8N2O. The summed E-state index contributed by atoms with van der Waals surface area (Å²) < 4.78 is 0. The molecule has 1 heterocycles. The molecule has 0 bridgehead atoms. The molecule has 0 aromatic heterocycles. The fourth-order valence-corrected chi connectivity index (χ4v) is 0.663. The first kappa shape index (κ1) is 5.31. The molecule has 1 rings (SSSR count). The Morgan fingerprint density at radius 3 is 2.88 bits per heavy atom. The number of nitrogens with two attached hydrogens (primary N) is 1. The molecule has 3 nitrogen and oxygen atoms in total. The topological polar surface area (TPSA) is 55.1 Å². The Kier molecular flexibility index (Phi) is 1.30. The number of nitrogens with one attached hydrogen (secondary N) is 1. The molecule has 1 atom stereocenters. The van der Waals surface area contributed by atoms with E-state index in [0.717, 1.165) is 6.54 Å². The molecule has 1 aliphatic rings. The van der Waals surface area contributed by atoms with Gasteiger partial charge in [-0.3, -0.25) is 10.1 Å². The number of carbonyl (C=O) groups is 1. The number of amides is 1. The lowest BCUT2D eigenvalue weighted by molar-refractivity contribution is -0.118. The molecule has 44 valence electrons. The van der Waals surface area contributed by atoms with Crippen LogP contribution >= 0.6 is 0 Å². The van der Waals surface area contributed by atoms with Crippen LogP contribution in [0.3, 0.4) is 0 Å². The molecule has 0 radical (unpaired) electrons. The summed E-state index contributed by atoms with van der Waals surface area (Å²) in [5, 5.41) is 2.87. The summed E-state index contributed by atoms with van der Waals surface area (Å²) in [6.07, 6.45) is 3.65. The number of hydrogen-bond acceptors (Lipinski definition) is 2. The van der Waals surface area contributed by atoms with Crippen molar-refractivity contribution < 1.29 is 4.79 Å². The van der Waals surface area contributed by atoms with Crippen LogP contribution in [0.4, 0.5) is 0 Å². The molecule has 1 unspecified atom stereocenters. The lowest BCUT2D eigenvalue weighted by Gasteiger charge is -2.00. The second-order valence-corrected chi connectivity index (χ2v) is 1.72. The van der Waals surface area contributed by atoms with Gasteiger partial charge in [-0.05, 0) is 0 Å². The highest BCUT2D eigenvalue weighted by Gasteiger charge is 2.12. The minimum atomic E-state index is -0.307. The zero-order valence-electron chi connectivity index (χ0n) is 4.42. The maximum absolute atomic E-state index is 10.3. The molecule has 0 spiro atoms. The maximum Gasteiger partial charge on any atom is 0.238 e. The van der Waals surface area contributed by atoms with Crippen molar-refractivity contribution in [1.29, 1.82) is 0 Å². The van der Waals surface area contributed by atoms with E-state index in [9.17, 15) is 4.79 Å². The second kappa shape index (κ2) is 1.96. The van der Waals surface area contributed by atoms with Gasteiger partial charge in [-0.1, -0.05) is 12.2 Å². The van der Waals surface area contributed by atoms with Gasteiger partial charge in [0.2, 0.25) is 5.91 Å². The zero-order chi connectivity index (χ0) is 5.98. The van der Waals surface area contributed by atoms with Crippen molar-refractivity contribution in [2.45, 2.75) is 6.04 Å². The highest BCUT2D eigenvalue weighted by atomic mass is 16.1. The van der Waals surface area contributed by atoms with Crippen molar-refractivity contribution >= 4 is 5.91 Å². The summed E-state index contributed by atoms with van der Waals surface area (Å²) in [6, 6.07) is -0.227. The minimum absolute atomic E-state index is 0.227. The van der Waals surface area contributed by atoms with Gasteiger partial charge in [0, 0.05) is 6.54 Å². The Bertz CT molecular complexity index is 130. The predicted octanol–water partition coefficient (Wildman–Crippen LogP) is -1.00. The largest absolute Gasteiger partial charge is 0.368 e. The summed E-state index contributed by atoms with van der Waals surface area (Å²) in [5.41, 5.74) is 4.95. The van der Waals surface area contributed by atoms with Gasteiger partial charge in [0.1, 0.15) is 6.04 Å². The molecule has 0 aromatic rings. The lowest BCUT2D eigenvalue weighted by Crippen LogP contribution is -2.36. The van der Waals surface area contributed by atoms with Crippen molar-refractivity contribution in [3.05, 3.63) is 12.2 Å². The van der Waals surface area contributed by atoms with Crippen LogP contribution in [0.2, 0.25) is 0 Å². The van der Waals surface area contributed by atoms with Gasteiger partial charge in [-0.25, -0.2) is 0 Å². The van der Waals surface area contributed by atoms with Gasteiger partial charge in [0.25, 0.3) is 0 Å². The summed E-state index contributed by atoms with van der Waals surface area (Å²) in [4.78, 5) is 10.3. The maximum atomic E-state index is 10.3. The molecule has 1 aliphatic heterocycles. The SMILES string of the molecule is NC(=O)C1C=CCN1. The average molecular weight is 112 g/mol. The van der Waals surface area contributed by atoms with E-state index in [2.05, 4.69) is 5.32 Å². The van der Waals surface area contributed by atoms with E-state index in [-0.39, 0.29) is 11.9 Å². The Hall–Kier alpha value is -0.830. The predicted molar refractivity (Wildman–Crippen MR) is 30.1 cm³/mol. The van der Waals surface area contributed by atoms with Gasteiger partial charge >= 0.3 is 0 Å². The molecule has 0 saturated carbocycles. The van der Waals surface area contributed by atoms with E-state index in [1.54, 1.807) is 6.08 Å². The Balaban J connectivity index is 2.48. The number of hydrogen-bond donors (Lipinski definition) is 2. The van der Waals surface area contributed by atoms with Crippen molar-refractivity contribution in [3.63, 3.8) is 0 Å². The van der Waals surface area contributed by atoms with Gasteiger partial charge in [0.05, 0.1) is 0 Å². The molecule has 3 heteroatoms. The molecule has 8 heavy (non-hydrogen) atoms. The first-order valence-corrected chi connectivity index (χ1v) is 2.50. The summed E-state index contributed by atoms with van der Waals surface area (Å²) in [7, 11) is 0. The Labute approximate surface area is 47.6 Å². The van der Waals surface area contributed by atoms with Crippen LogP contribution in [-0.4, -0.2) is 18.5 Å². The smallest absolute Gasteiger partial charge is 0.238 e. The van der Waals surface area contributed by atoms with Crippen molar-refractivity contribution in [3.8, 4) is 0 Å². The number of primary amides is 1. The van der Waals surface area contributed by atoms with Crippen molar-refractivity contribution in [1.82, 2.24) is 5.32 Å². The average Bonchev–Trinajstić information content (AvgIpc) is 2.12. The van der Waals surface area contributed by atoms with Gasteiger partial charge in [-0.2, -0.15) is 0 Å². The third-order valence-corrected chi connectivity index (χ3v) is 1.09. The van der Waals surface area contributed by atoms with Crippen LogP contribution in [0.25, 0.3) is 0 Å². The highest BCUT2D eigenvalue weighted by molar-refractivity contribution is 5.82. The van der Waals surface area contributed by atoms with Crippen LogP contribution in [-0.2, 0) is 4.79 Å². The number of carbonyl (C=O) groups excluding carboxylic acids is 1. The summed E-state index contributed by atoms with van der Waals surface area (Å²) >= 11 is 0. The monoisotopic (exact) mass is 112 g/mol. The molecule has 0 aliphatic carbocycles. The van der Waals surface area contributed by atoms with Crippen LogP contribution in [0, 0.1) is 0 Å². The third kappa shape index (κ3) is 0.869. The molecule has 1 amide bonds. The van der Waals surface area contributed by atoms with Crippen molar-refractivity contribution in [2.75, 3.05) is 6.54 Å². The quantitative estimate of drug-likeness (QED) is 0.427. The van der Waals surface area contributed by atoms with E-state index >= 15 is 0 Å². The highest BCUT2D eigenvalue weighted by Crippen LogP contribution is 1.91. The zero-order valence-corrected chi connectivity index (χ0v) is 4.42. The van der Waals surface area contributed by atoms with E-state index in [0.29, 0.717) is 0 Å². The third-order valence-electron chi connectivity index (χ3n) is 1.09. The molecule has 0 fully saturated rings. The summed E-state index contributed by atoms with van der Waals surface area (Å²) in [5.74, 6) is -0.307. The van der Waals surface area contributed by atoms with E-state index < -0.39 is 0 Å². The lowest BCUT2D eigenvalue weighted by atomic mass is 10.3. The Morgan fingerprint density at radius 2 is 2.62 bits per heavy atom. The van der Waals surface area contributed by atoms with Crippen LogP contribution in [0.15, 0.2) is 12.2 Å². The molecule has 0 aromatic carbocycles. The first-order valence-electron chi connectivity index (χ1n) is 2.50. The van der Waals surface area contributed by atoms with Gasteiger partial charge in [0.15, 0.2) is 0 Å².